The molecule has 11 heteroatoms. The summed E-state index contributed by atoms with van der Waals surface area (Å²) in [6.45, 7) is 2.81. The Hall–Kier alpha value is -2.55. The molecule has 1 atom stereocenters. The minimum Gasteiger partial charge on any atom is -0.449 e. The monoisotopic (exact) mass is 485 g/mol. The van der Waals surface area contributed by atoms with Crippen molar-refractivity contribution in [1.82, 2.24) is 0 Å². The van der Waals surface area contributed by atoms with Crippen LogP contribution >= 0.6 is 34.8 Å². The van der Waals surface area contributed by atoms with Crippen molar-refractivity contribution in [3.63, 3.8) is 0 Å². The zero-order valence-electron chi connectivity index (χ0n) is 16.4. The van der Waals surface area contributed by atoms with Crippen LogP contribution in [0.25, 0.3) is 0 Å². The van der Waals surface area contributed by atoms with Gasteiger partial charge in [0.25, 0.3) is 11.6 Å². The van der Waals surface area contributed by atoms with E-state index in [4.69, 9.17) is 39.5 Å². The molecule has 2 aromatic carbocycles. The number of amides is 1. The second-order valence-electron chi connectivity index (χ2n) is 6.94. The van der Waals surface area contributed by atoms with Gasteiger partial charge in [-0.3, -0.25) is 14.9 Å². The Bertz CT molecular complexity index is 1040. The van der Waals surface area contributed by atoms with Gasteiger partial charge in [-0.2, -0.15) is 0 Å². The summed E-state index contributed by atoms with van der Waals surface area (Å²) in [6, 6.07) is 6.89. The molecule has 0 spiro atoms. The quantitative estimate of drug-likeness (QED) is 0.256. The van der Waals surface area contributed by atoms with E-state index in [9.17, 15) is 19.7 Å². The zero-order chi connectivity index (χ0) is 22.7. The molecule has 1 fully saturated rings. The molecule has 31 heavy (non-hydrogen) atoms. The number of anilines is 2. The molecule has 0 aromatic heterocycles. The fraction of sp³-hybridized carbons (Fsp3) is 0.300. The van der Waals surface area contributed by atoms with Crippen molar-refractivity contribution in [2.75, 3.05) is 23.3 Å². The van der Waals surface area contributed by atoms with Gasteiger partial charge in [0.1, 0.15) is 5.69 Å². The molecule has 164 valence electrons. The molecule has 0 bridgehead atoms. The molecule has 1 aliphatic heterocycles. The molecular weight excluding hydrogens is 469 g/mol. The van der Waals surface area contributed by atoms with E-state index < -0.39 is 22.9 Å². The lowest BCUT2D eigenvalue weighted by Crippen LogP contribution is -2.30. The molecule has 3 rings (SSSR count). The number of halogens is 3. The molecule has 2 aromatic rings. The van der Waals surface area contributed by atoms with E-state index >= 15 is 0 Å². The Morgan fingerprint density at radius 2 is 1.74 bits per heavy atom. The van der Waals surface area contributed by atoms with Crippen molar-refractivity contribution in [3.05, 3.63) is 61.1 Å². The van der Waals surface area contributed by atoms with Crippen molar-refractivity contribution < 1.29 is 19.2 Å². The Balaban J connectivity index is 1.71. The summed E-state index contributed by atoms with van der Waals surface area (Å²) < 4.78 is 5.18. The summed E-state index contributed by atoms with van der Waals surface area (Å²) in [6.07, 6.45) is 0.711. The van der Waals surface area contributed by atoms with Gasteiger partial charge >= 0.3 is 5.97 Å². The topological polar surface area (TPSA) is 102 Å². The van der Waals surface area contributed by atoms with Gasteiger partial charge in [0, 0.05) is 19.2 Å². The predicted octanol–water partition coefficient (Wildman–Crippen LogP) is 5.34. The summed E-state index contributed by atoms with van der Waals surface area (Å²) in [4.78, 5) is 37.7. The maximum absolute atomic E-state index is 12.5. The van der Waals surface area contributed by atoms with Gasteiger partial charge in [0.05, 0.1) is 31.2 Å². The average Bonchev–Trinajstić information content (AvgIpc) is 3.26. The number of carbonyl (C=O) groups excluding carboxylic acids is 2. The Labute approximate surface area is 193 Å². The van der Waals surface area contributed by atoms with Gasteiger partial charge in [-0.25, -0.2) is 4.79 Å². The van der Waals surface area contributed by atoms with Gasteiger partial charge in [-0.1, -0.05) is 34.8 Å². The first kappa shape index (κ1) is 23.1. The number of benzene rings is 2. The van der Waals surface area contributed by atoms with Crippen LogP contribution in [0, 0.1) is 10.1 Å². The third kappa shape index (κ3) is 5.39. The molecule has 1 aliphatic rings. The molecule has 0 saturated carbocycles. The Morgan fingerprint density at radius 3 is 2.39 bits per heavy atom. The first-order chi connectivity index (χ1) is 14.7. The maximum Gasteiger partial charge on any atom is 0.339 e. The van der Waals surface area contributed by atoms with Gasteiger partial charge in [0.2, 0.25) is 0 Å². The van der Waals surface area contributed by atoms with E-state index in [-0.39, 0.29) is 32.0 Å². The smallest absolute Gasteiger partial charge is 0.339 e. The molecule has 1 unspecified atom stereocenters. The molecule has 1 heterocycles. The highest BCUT2D eigenvalue weighted by Crippen LogP contribution is 2.33. The number of rotatable bonds is 6. The molecule has 0 aliphatic carbocycles. The van der Waals surface area contributed by atoms with E-state index in [1.807, 2.05) is 4.90 Å². The summed E-state index contributed by atoms with van der Waals surface area (Å²) >= 11 is 17.8. The SMILES string of the molecule is CC(OC(=O)c1ccc(N2CCCC2)c([N+](=O)[O-])c1)C(=O)Nc1cc(Cl)c(Cl)cc1Cl. The number of hydrogen-bond acceptors (Lipinski definition) is 6. The van der Waals surface area contributed by atoms with Crippen molar-refractivity contribution in [2.24, 2.45) is 0 Å². The normalized spacial score (nSPS) is 14.3. The Morgan fingerprint density at radius 1 is 1.10 bits per heavy atom. The highest BCUT2D eigenvalue weighted by Gasteiger charge is 2.26. The van der Waals surface area contributed by atoms with Gasteiger partial charge in [-0.15, -0.1) is 0 Å². The lowest BCUT2D eigenvalue weighted by Gasteiger charge is -2.18. The van der Waals surface area contributed by atoms with Crippen LogP contribution in [0.2, 0.25) is 15.1 Å². The van der Waals surface area contributed by atoms with Crippen LogP contribution < -0.4 is 10.2 Å². The summed E-state index contributed by atoms with van der Waals surface area (Å²) in [5, 5.41) is 14.6. The standard InChI is InChI=1S/C20H18Cl3N3O5/c1-11(19(27)24-16-10-14(22)13(21)9-15(16)23)31-20(28)12-4-5-17(18(8-12)26(29)30)25-6-2-3-7-25/h4-5,8-11H,2-3,6-7H2,1H3,(H,24,27). The van der Waals surface area contributed by atoms with Gasteiger partial charge in [-0.05, 0) is 44.0 Å². The second kappa shape index (κ2) is 9.72. The zero-order valence-corrected chi connectivity index (χ0v) is 18.6. The second-order valence-corrected chi connectivity index (χ2v) is 8.16. The molecule has 1 saturated heterocycles. The van der Waals surface area contributed by atoms with Gasteiger partial charge < -0.3 is 15.0 Å². The van der Waals surface area contributed by atoms with Crippen molar-refractivity contribution in [2.45, 2.75) is 25.9 Å². The summed E-state index contributed by atoms with van der Waals surface area (Å²) in [7, 11) is 0. The molecule has 8 nitrogen and oxygen atoms in total. The lowest BCUT2D eigenvalue weighted by molar-refractivity contribution is -0.384. The average molecular weight is 487 g/mol. The van der Waals surface area contributed by atoms with Gasteiger partial charge in [0.15, 0.2) is 6.10 Å². The number of nitro benzene ring substituents is 1. The number of nitro groups is 1. The van der Waals surface area contributed by atoms with Crippen molar-refractivity contribution >= 4 is 63.7 Å². The molecular formula is C20H18Cl3N3O5. The lowest BCUT2D eigenvalue weighted by atomic mass is 10.1. The van der Waals surface area contributed by atoms with E-state index in [2.05, 4.69) is 5.32 Å². The van der Waals surface area contributed by atoms with E-state index in [0.717, 1.165) is 32.0 Å². The number of nitrogens with zero attached hydrogens (tertiary/aromatic N) is 2. The predicted molar refractivity (Wildman–Crippen MR) is 120 cm³/mol. The molecule has 1 N–H and O–H groups in total. The van der Waals surface area contributed by atoms with E-state index in [0.29, 0.717) is 5.69 Å². The number of ether oxygens (including phenoxy) is 1. The maximum atomic E-state index is 12.5. The number of nitrogens with one attached hydrogen (secondary N) is 1. The minimum atomic E-state index is -1.20. The van der Waals surface area contributed by atoms with Crippen LogP contribution in [0.3, 0.4) is 0 Å². The summed E-state index contributed by atoms with van der Waals surface area (Å²) in [5.74, 6) is -1.52. The largest absolute Gasteiger partial charge is 0.449 e. The third-order valence-corrected chi connectivity index (χ3v) is 5.81. The van der Waals surface area contributed by atoms with Crippen LogP contribution in [0.4, 0.5) is 17.1 Å². The third-order valence-electron chi connectivity index (χ3n) is 4.78. The number of hydrogen-bond donors (Lipinski definition) is 1. The van der Waals surface area contributed by atoms with Crippen molar-refractivity contribution in [3.8, 4) is 0 Å². The van der Waals surface area contributed by atoms with Crippen molar-refractivity contribution in [1.29, 1.82) is 0 Å². The van der Waals surface area contributed by atoms with Crippen LogP contribution in [0.5, 0.6) is 0 Å². The highest BCUT2D eigenvalue weighted by atomic mass is 35.5. The fourth-order valence-electron chi connectivity index (χ4n) is 3.16. The van der Waals surface area contributed by atoms with E-state index in [1.54, 1.807) is 0 Å². The summed E-state index contributed by atoms with van der Waals surface area (Å²) in [5.41, 5.74) is 0.451. The first-order valence-corrected chi connectivity index (χ1v) is 10.5. The fourth-order valence-corrected chi connectivity index (χ4v) is 3.75. The van der Waals surface area contributed by atoms with Crippen LogP contribution in [-0.4, -0.2) is 36.0 Å². The highest BCUT2D eigenvalue weighted by molar-refractivity contribution is 6.44. The van der Waals surface area contributed by atoms with Crippen LogP contribution in [0.15, 0.2) is 30.3 Å². The number of esters is 1. The first-order valence-electron chi connectivity index (χ1n) is 9.37. The van der Waals surface area contributed by atoms with Crippen LogP contribution in [0.1, 0.15) is 30.1 Å². The van der Waals surface area contributed by atoms with E-state index in [1.165, 1.54) is 31.2 Å². The number of carbonyl (C=O) groups is 2. The minimum absolute atomic E-state index is 0.0260. The Kier molecular flexibility index (Phi) is 7.25. The molecule has 1 amide bonds. The molecule has 0 radical (unpaired) electrons. The van der Waals surface area contributed by atoms with Crippen LogP contribution in [-0.2, 0) is 9.53 Å².